The van der Waals surface area contributed by atoms with Crippen LogP contribution in [0.25, 0.3) is 0 Å². The van der Waals surface area contributed by atoms with Gasteiger partial charge in [-0.25, -0.2) is 4.79 Å². The molecule has 0 unspecified atom stereocenters. The Bertz CT molecular complexity index is 1250. The number of benzene rings is 3. The zero-order valence-electron chi connectivity index (χ0n) is 16.8. The first-order chi connectivity index (χ1) is 15.2. The van der Waals surface area contributed by atoms with E-state index in [0.717, 1.165) is 17.7 Å². The van der Waals surface area contributed by atoms with Gasteiger partial charge in [-0.05, 0) is 55.5 Å². The van der Waals surface area contributed by atoms with Gasteiger partial charge in [-0.3, -0.25) is 14.9 Å². The van der Waals surface area contributed by atoms with Crippen LogP contribution >= 0.6 is 0 Å². The molecule has 9 nitrogen and oxygen atoms in total. The molecule has 10 heteroatoms. The van der Waals surface area contributed by atoms with E-state index < -0.39 is 33.4 Å². The number of carbonyl (C=O) groups is 2. The molecule has 0 aliphatic carbocycles. The number of ketones is 1. The molecular formula is C22H17NO8S. The number of hydrogen-bond acceptors (Lipinski definition) is 8. The van der Waals surface area contributed by atoms with Crippen molar-refractivity contribution >= 4 is 27.6 Å². The minimum absolute atomic E-state index is 0.00131. The van der Waals surface area contributed by atoms with E-state index in [-0.39, 0.29) is 27.5 Å². The Morgan fingerprint density at radius 1 is 0.875 bits per heavy atom. The maximum Gasteiger partial charge on any atom is 0.339 e. The molecular weight excluding hydrogens is 438 g/mol. The van der Waals surface area contributed by atoms with E-state index in [0.29, 0.717) is 0 Å². The summed E-state index contributed by atoms with van der Waals surface area (Å²) in [6.07, 6.45) is 0. The Morgan fingerprint density at radius 2 is 1.44 bits per heavy atom. The maximum atomic E-state index is 12.3. The number of non-ortho nitro benzene ring substituents is 1. The van der Waals surface area contributed by atoms with Crippen molar-refractivity contribution in [2.24, 2.45) is 0 Å². The van der Waals surface area contributed by atoms with Crippen LogP contribution in [0.4, 0.5) is 5.69 Å². The van der Waals surface area contributed by atoms with E-state index >= 15 is 0 Å². The number of hydrogen-bond donors (Lipinski definition) is 0. The van der Waals surface area contributed by atoms with Gasteiger partial charge in [-0.15, -0.1) is 0 Å². The van der Waals surface area contributed by atoms with Gasteiger partial charge in [0.1, 0.15) is 10.6 Å². The molecule has 164 valence electrons. The summed E-state index contributed by atoms with van der Waals surface area (Å²) in [6.45, 7) is 1.27. The van der Waals surface area contributed by atoms with Crippen molar-refractivity contribution in [3.8, 4) is 5.75 Å². The lowest BCUT2D eigenvalue weighted by Gasteiger charge is -2.08. The molecule has 3 aromatic carbocycles. The summed E-state index contributed by atoms with van der Waals surface area (Å²) in [6, 6.07) is 16.3. The summed E-state index contributed by atoms with van der Waals surface area (Å²) in [5.41, 5.74) is 0.973. The standard InChI is InChI=1S/C22H17NO8S/c1-15-2-12-20(13-3-15)32(28,29)31-19-10-6-16(7-11-19)21(24)14-30-22(25)17-4-8-18(9-5-17)23(26)27/h2-13H,14H2,1H3. The zero-order valence-corrected chi connectivity index (χ0v) is 17.6. The molecule has 0 spiro atoms. The van der Waals surface area contributed by atoms with Crippen LogP contribution in [-0.2, 0) is 14.9 Å². The number of aryl methyl sites for hydroxylation is 1. The second kappa shape index (κ2) is 9.40. The average molecular weight is 455 g/mol. The topological polar surface area (TPSA) is 130 Å². The third kappa shape index (κ3) is 5.55. The largest absolute Gasteiger partial charge is 0.454 e. The van der Waals surface area contributed by atoms with Gasteiger partial charge in [0.2, 0.25) is 0 Å². The lowest BCUT2D eigenvalue weighted by Crippen LogP contribution is -2.14. The predicted octanol–water partition coefficient (Wildman–Crippen LogP) is 3.71. The second-order valence-corrected chi connectivity index (χ2v) is 8.22. The van der Waals surface area contributed by atoms with Gasteiger partial charge in [-0.1, -0.05) is 17.7 Å². The minimum Gasteiger partial charge on any atom is -0.454 e. The highest BCUT2D eigenvalue weighted by molar-refractivity contribution is 7.87. The van der Waals surface area contributed by atoms with Crippen LogP contribution in [-0.4, -0.2) is 31.7 Å². The summed E-state index contributed by atoms with van der Waals surface area (Å²) in [7, 11) is -4.02. The third-order valence-corrected chi connectivity index (χ3v) is 5.60. The molecule has 0 atom stereocenters. The van der Waals surface area contributed by atoms with Gasteiger partial charge < -0.3 is 8.92 Å². The van der Waals surface area contributed by atoms with Crippen LogP contribution in [0.3, 0.4) is 0 Å². The van der Waals surface area contributed by atoms with Crippen molar-refractivity contribution in [1.82, 2.24) is 0 Å². The van der Waals surface area contributed by atoms with Crippen molar-refractivity contribution in [2.75, 3.05) is 6.61 Å². The van der Waals surface area contributed by atoms with Crippen molar-refractivity contribution < 1.29 is 31.9 Å². The van der Waals surface area contributed by atoms with Crippen molar-refractivity contribution in [2.45, 2.75) is 11.8 Å². The highest BCUT2D eigenvalue weighted by Crippen LogP contribution is 2.20. The molecule has 0 heterocycles. The van der Waals surface area contributed by atoms with Gasteiger partial charge in [0.25, 0.3) is 5.69 Å². The van der Waals surface area contributed by atoms with Gasteiger partial charge in [0.05, 0.1) is 10.5 Å². The summed E-state index contributed by atoms with van der Waals surface area (Å²) in [4.78, 5) is 34.3. The molecule has 0 saturated carbocycles. The van der Waals surface area contributed by atoms with Crippen molar-refractivity contribution in [3.63, 3.8) is 0 Å². The summed E-state index contributed by atoms with van der Waals surface area (Å²) in [5.74, 6) is -1.31. The fourth-order valence-electron chi connectivity index (χ4n) is 2.59. The first-order valence-electron chi connectivity index (χ1n) is 9.22. The normalized spacial score (nSPS) is 10.9. The number of esters is 1. The summed E-state index contributed by atoms with van der Waals surface area (Å²) < 4.78 is 34.6. The smallest absolute Gasteiger partial charge is 0.339 e. The number of nitro benzene ring substituents is 1. The van der Waals surface area contributed by atoms with Gasteiger partial charge in [0, 0.05) is 17.7 Å². The summed E-state index contributed by atoms with van der Waals surface area (Å²) in [5, 5.41) is 10.6. The molecule has 0 fully saturated rings. The lowest BCUT2D eigenvalue weighted by molar-refractivity contribution is -0.384. The van der Waals surface area contributed by atoms with E-state index in [1.54, 1.807) is 12.1 Å². The monoisotopic (exact) mass is 455 g/mol. The SMILES string of the molecule is Cc1ccc(S(=O)(=O)Oc2ccc(C(=O)COC(=O)c3ccc([N+](=O)[O-])cc3)cc2)cc1. The Morgan fingerprint density at radius 3 is 2.00 bits per heavy atom. The highest BCUT2D eigenvalue weighted by atomic mass is 32.2. The molecule has 0 N–H and O–H groups in total. The number of Topliss-reactive ketones (excluding diaryl/α,β-unsaturated/α-hetero) is 1. The van der Waals surface area contributed by atoms with Crippen molar-refractivity contribution in [3.05, 3.63) is 99.6 Å². The molecule has 0 aliphatic heterocycles. The maximum absolute atomic E-state index is 12.3. The zero-order chi connectivity index (χ0) is 23.3. The summed E-state index contributed by atoms with van der Waals surface area (Å²) >= 11 is 0. The molecule has 0 radical (unpaired) electrons. The van der Waals surface area contributed by atoms with E-state index in [2.05, 4.69) is 0 Å². The number of nitro groups is 1. The molecule has 0 aliphatic rings. The van der Waals surface area contributed by atoms with Crippen LogP contribution in [0.2, 0.25) is 0 Å². The Kier molecular flexibility index (Phi) is 6.64. The number of rotatable bonds is 8. The molecule has 3 aromatic rings. The Labute approximate surface area is 183 Å². The van der Waals surface area contributed by atoms with Crippen LogP contribution in [0.15, 0.2) is 77.7 Å². The number of carbonyl (C=O) groups excluding carboxylic acids is 2. The van der Waals surface area contributed by atoms with E-state index in [9.17, 15) is 28.1 Å². The van der Waals surface area contributed by atoms with Crippen LogP contribution < -0.4 is 4.18 Å². The van der Waals surface area contributed by atoms with Crippen LogP contribution in [0.1, 0.15) is 26.3 Å². The molecule has 0 bridgehead atoms. The molecule has 0 aromatic heterocycles. The quantitative estimate of drug-likeness (QED) is 0.165. The van der Waals surface area contributed by atoms with Gasteiger partial charge in [-0.2, -0.15) is 8.42 Å². The fraction of sp³-hybridized carbons (Fsp3) is 0.0909. The molecule has 32 heavy (non-hydrogen) atoms. The number of ether oxygens (including phenoxy) is 1. The van der Waals surface area contributed by atoms with Gasteiger partial charge >= 0.3 is 16.1 Å². The Balaban J connectivity index is 1.59. The highest BCUT2D eigenvalue weighted by Gasteiger charge is 2.17. The minimum atomic E-state index is -4.02. The first kappa shape index (κ1) is 22.6. The third-order valence-electron chi connectivity index (χ3n) is 4.34. The Hall–Kier alpha value is -4.05. The molecule has 0 amide bonds. The van der Waals surface area contributed by atoms with Crippen molar-refractivity contribution in [1.29, 1.82) is 0 Å². The number of nitrogens with zero attached hydrogens (tertiary/aromatic N) is 1. The van der Waals surface area contributed by atoms with Crippen LogP contribution in [0.5, 0.6) is 5.75 Å². The fourth-order valence-corrected chi connectivity index (χ4v) is 3.52. The van der Waals surface area contributed by atoms with Crippen LogP contribution in [0, 0.1) is 17.0 Å². The first-order valence-corrected chi connectivity index (χ1v) is 10.6. The van der Waals surface area contributed by atoms with E-state index in [1.165, 1.54) is 48.5 Å². The van der Waals surface area contributed by atoms with E-state index in [1.807, 2.05) is 6.92 Å². The predicted molar refractivity (Wildman–Crippen MR) is 113 cm³/mol. The lowest BCUT2D eigenvalue weighted by atomic mass is 10.1. The van der Waals surface area contributed by atoms with Gasteiger partial charge in [0.15, 0.2) is 12.4 Å². The molecule has 0 saturated heterocycles. The van der Waals surface area contributed by atoms with E-state index in [4.69, 9.17) is 8.92 Å². The molecule has 3 rings (SSSR count). The average Bonchev–Trinajstić information content (AvgIpc) is 2.78. The second-order valence-electron chi connectivity index (χ2n) is 6.68.